The van der Waals surface area contributed by atoms with Gasteiger partial charge in [-0.2, -0.15) is 0 Å². The molecule has 3 heteroatoms. The first-order chi connectivity index (χ1) is 7.85. The highest BCUT2D eigenvalue weighted by molar-refractivity contribution is 5.62. The lowest BCUT2D eigenvalue weighted by atomic mass is 10.1. The normalized spacial score (nSPS) is 10.4. The highest BCUT2D eigenvalue weighted by Gasteiger charge is 2.05. The number of rotatable bonds is 4. The van der Waals surface area contributed by atoms with Crippen LogP contribution in [-0.4, -0.2) is 19.1 Å². The van der Waals surface area contributed by atoms with Crippen LogP contribution in [0.3, 0.4) is 0 Å². The van der Waals surface area contributed by atoms with E-state index in [2.05, 4.69) is 28.5 Å². The summed E-state index contributed by atoms with van der Waals surface area (Å²) in [4.78, 5) is 3.20. The van der Waals surface area contributed by atoms with Crippen LogP contribution in [0.4, 0.5) is 0 Å². The van der Waals surface area contributed by atoms with Gasteiger partial charge < -0.3 is 15.0 Å². The number of H-pyrrole nitrogens is 1. The van der Waals surface area contributed by atoms with Crippen LogP contribution in [0, 0.1) is 0 Å². The van der Waals surface area contributed by atoms with E-state index < -0.39 is 0 Å². The molecule has 0 amide bonds. The Morgan fingerprint density at radius 2 is 2.19 bits per heavy atom. The van der Waals surface area contributed by atoms with E-state index in [9.17, 15) is 0 Å². The first kappa shape index (κ1) is 10.8. The van der Waals surface area contributed by atoms with Gasteiger partial charge in [0.1, 0.15) is 5.75 Å². The number of aromatic amines is 1. The lowest BCUT2D eigenvalue weighted by Crippen LogP contribution is -2.06. The average Bonchev–Trinajstić information content (AvgIpc) is 2.83. The molecule has 0 aliphatic heterocycles. The Bertz CT molecular complexity index is 449. The molecule has 0 fully saturated rings. The largest absolute Gasteiger partial charge is 0.496 e. The van der Waals surface area contributed by atoms with Gasteiger partial charge in [-0.15, -0.1) is 0 Å². The van der Waals surface area contributed by atoms with E-state index in [0.29, 0.717) is 0 Å². The van der Waals surface area contributed by atoms with Crippen molar-refractivity contribution in [3.63, 3.8) is 0 Å². The van der Waals surface area contributed by atoms with Crippen LogP contribution < -0.4 is 10.1 Å². The number of hydrogen-bond acceptors (Lipinski definition) is 2. The zero-order chi connectivity index (χ0) is 11.4. The number of benzene rings is 1. The number of aromatic nitrogens is 1. The summed E-state index contributed by atoms with van der Waals surface area (Å²) in [6.07, 6.45) is 1.93. The maximum absolute atomic E-state index is 5.32. The fraction of sp³-hybridized carbons (Fsp3) is 0.231. The van der Waals surface area contributed by atoms with E-state index in [1.54, 1.807) is 7.11 Å². The van der Waals surface area contributed by atoms with Gasteiger partial charge in [0, 0.05) is 24.0 Å². The van der Waals surface area contributed by atoms with E-state index in [4.69, 9.17) is 4.74 Å². The molecule has 2 rings (SSSR count). The van der Waals surface area contributed by atoms with Crippen molar-refractivity contribution >= 4 is 0 Å². The molecule has 0 spiro atoms. The summed E-state index contributed by atoms with van der Waals surface area (Å²) in [6.45, 7) is 0.803. The third-order valence-corrected chi connectivity index (χ3v) is 2.56. The van der Waals surface area contributed by atoms with Gasteiger partial charge in [0.2, 0.25) is 0 Å². The highest BCUT2D eigenvalue weighted by Crippen LogP contribution is 2.25. The molecular weight excluding hydrogens is 200 g/mol. The quantitative estimate of drug-likeness (QED) is 0.823. The van der Waals surface area contributed by atoms with E-state index in [1.807, 2.05) is 25.4 Å². The van der Waals surface area contributed by atoms with Crippen molar-refractivity contribution in [2.24, 2.45) is 0 Å². The van der Waals surface area contributed by atoms with Crippen molar-refractivity contribution in [1.82, 2.24) is 10.3 Å². The summed E-state index contributed by atoms with van der Waals surface area (Å²) in [7, 11) is 3.63. The van der Waals surface area contributed by atoms with Gasteiger partial charge in [0.05, 0.1) is 7.11 Å². The Kier molecular flexibility index (Phi) is 3.27. The van der Waals surface area contributed by atoms with Crippen molar-refractivity contribution in [3.8, 4) is 17.0 Å². The lowest BCUT2D eigenvalue weighted by molar-refractivity contribution is 0.408. The van der Waals surface area contributed by atoms with Gasteiger partial charge in [-0.1, -0.05) is 0 Å². The van der Waals surface area contributed by atoms with Gasteiger partial charge in [0.25, 0.3) is 0 Å². The molecule has 0 aliphatic carbocycles. The van der Waals surface area contributed by atoms with Crippen LogP contribution in [0.25, 0.3) is 11.3 Å². The Balaban J connectivity index is 2.39. The summed E-state index contributed by atoms with van der Waals surface area (Å²) in [5.41, 5.74) is 3.47. The Morgan fingerprint density at radius 3 is 2.81 bits per heavy atom. The summed E-state index contributed by atoms with van der Waals surface area (Å²) >= 11 is 0. The number of nitrogens with one attached hydrogen (secondary N) is 2. The predicted molar refractivity (Wildman–Crippen MR) is 65.5 cm³/mol. The van der Waals surface area contributed by atoms with Crippen molar-refractivity contribution in [2.45, 2.75) is 6.54 Å². The second-order valence-corrected chi connectivity index (χ2v) is 3.64. The van der Waals surface area contributed by atoms with Crippen LogP contribution in [0.15, 0.2) is 36.5 Å². The van der Waals surface area contributed by atoms with Crippen LogP contribution in [0.1, 0.15) is 5.56 Å². The molecule has 0 saturated carbocycles. The molecule has 2 N–H and O–H groups in total. The van der Waals surface area contributed by atoms with Crippen molar-refractivity contribution in [3.05, 3.63) is 42.1 Å². The Hall–Kier alpha value is -1.74. The fourth-order valence-electron chi connectivity index (χ4n) is 1.78. The molecule has 0 atom stereocenters. The van der Waals surface area contributed by atoms with E-state index >= 15 is 0 Å². The number of methoxy groups -OCH3 is 1. The fourth-order valence-corrected chi connectivity index (χ4v) is 1.78. The Labute approximate surface area is 95.5 Å². The molecule has 0 radical (unpaired) electrons. The molecule has 0 saturated heterocycles. The third kappa shape index (κ3) is 2.09. The van der Waals surface area contributed by atoms with Crippen molar-refractivity contribution < 1.29 is 4.74 Å². The number of hydrogen-bond donors (Lipinski definition) is 2. The Morgan fingerprint density at radius 1 is 1.31 bits per heavy atom. The van der Waals surface area contributed by atoms with Crippen LogP contribution >= 0.6 is 0 Å². The maximum Gasteiger partial charge on any atom is 0.123 e. The SMILES string of the molecule is CNCc1cc(-c2ccc[nH]2)ccc1OC. The van der Waals surface area contributed by atoms with E-state index in [0.717, 1.165) is 23.6 Å². The minimum absolute atomic E-state index is 0.803. The minimum Gasteiger partial charge on any atom is -0.496 e. The summed E-state index contributed by atoms with van der Waals surface area (Å²) in [5.74, 6) is 0.921. The molecule has 84 valence electrons. The van der Waals surface area contributed by atoms with Gasteiger partial charge in [-0.3, -0.25) is 0 Å². The highest BCUT2D eigenvalue weighted by atomic mass is 16.5. The molecule has 0 aliphatic rings. The number of ether oxygens (including phenoxy) is 1. The summed E-state index contributed by atoms with van der Waals surface area (Å²) in [5, 5.41) is 3.14. The van der Waals surface area contributed by atoms with Gasteiger partial charge in [0.15, 0.2) is 0 Å². The topological polar surface area (TPSA) is 37.0 Å². The standard InChI is InChI=1S/C13H16N2O/c1-14-9-11-8-10(5-6-13(11)16-2)12-4-3-7-15-12/h3-8,14-15H,9H2,1-2H3. The van der Waals surface area contributed by atoms with Gasteiger partial charge in [-0.05, 0) is 42.9 Å². The predicted octanol–water partition coefficient (Wildman–Crippen LogP) is 2.41. The summed E-state index contributed by atoms with van der Waals surface area (Å²) < 4.78 is 5.32. The lowest BCUT2D eigenvalue weighted by Gasteiger charge is -2.09. The molecule has 0 unspecified atom stereocenters. The molecule has 3 nitrogen and oxygen atoms in total. The van der Waals surface area contributed by atoms with Crippen LogP contribution in [0.5, 0.6) is 5.75 Å². The minimum atomic E-state index is 0.803. The molecule has 0 bridgehead atoms. The third-order valence-electron chi connectivity index (χ3n) is 2.56. The van der Waals surface area contributed by atoms with Crippen molar-refractivity contribution in [2.75, 3.05) is 14.2 Å². The smallest absolute Gasteiger partial charge is 0.123 e. The zero-order valence-corrected chi connectivity index (χ0v) is 9.58. The summed E-state index contributed by atoms with van der Waals surface area (Å²) in [6, 6.07) is 10.3. The molecular formula is C13H16N2O. The monoisotopic (exact) mass is 216 g/mol. The first-order valence-electron chi connectivity index (χ1n) is 5.30. The second-order valence-electron chi connectivity index (χ2n) is 3.64. The van der Waals surface area contributed by atoms with Crippen LogP contribution in [-0.2, 0) is 6.54 Å². The van der Waals surface area contributed by atoms with Gasteiger partial charge >= 0.3 is 0 Å². The molecule has 16 heavy (non-hydrogen) atoms. The molecule has 1 aromatic carbocycles. The second kappa shape index (κ2) is 4.86. The molecule has 2 aromatic rings. The molecule has 1 aromatic heterocycles. The first-order valence-corrected chi connectivity index (χ1v) is 5.30. The van der Waals surface area contributed by atoms with E-state index in [-0.39, 0.29) is 0 Å². The maximum atomic E-state index is 5.32. The van der Waals surface area contributed by atoms with Gasteiger partial charge in [-0.25, -0.2) is 0 Å². The van der Waals surface area contributed by atoms with E-state index in [1.165, 1.54) is 5.56 Å². The molecule has 1 heterocycles. The van der Waals surface area contributed by atoms with Crippen molar-refractivity contribution in [1.29, 1.82) is 0 Å². The zero-order valence-electron chi connectivity index (χ0n) is 9.58. The average molecular weight is 216 g/mol. The van der Waals surface area contributed by atoms with Crippen LogP contribution in [0.2, 0.25) is 0 Å².